The SMILES string of the molecule is CCC1(CC)CCN(C(=O)NC)C1. The van der Waals surface area contributed by atoms with Gasteiger partial charge in [0, 0.05) is 20.1 Å². The second-order valence-electron chi connectivity index (χ2n) is 3.93. The van der Waals surface area contributed by atoms with Gasteiger partial charge in [-0.25, -0.2) is 4.79 Å². The number of rotatable bonds is 2. The Morgan fingerprint density at radius 2 is 2.08 bits per heavy atom. The Morgan fingerprint density at radius 1 is 1.46 bits per heavy atom. The summed E-state index contributed by atoms with van der Waals surface area (Å²) in [4.78, 5) is 13.3. The van der Waals surface area contributed by atoms with Gasteiger partial charge >= 0.3 is 6.03 Å². The molecule has 0 radical (unpaired) electrons. The van der Waals surface area contributed by atoms with Gasteiger partial charge in [0.2, 0.25) is 0 Å². The summed E-state index contributed by atoms with van der Waals surface area (Å²) in [7, 11) is 1.69. The van der Waals surface area contributed by atoms with Gasteiger partial charge in [0.15, 0.2) is 0 Å². The molecule has 1 heterocycles. The van der Waals surface area contributed by atoms with Crippen LogP contribution in [0.5, 0.6) is 0 Å². The minimum atomic E-state index is 0.0729. The molecule has 1 saturated heterocycles. The highest BCUT2D eigenvalue weighted by Gasteiger charge is 2.36. The Hall–Kier alpha value is -0.730. The van der Waals surface area contributed by atoms with Crippen molar-refractivity contribution in [1.29, 1.82) is 0 Å². The molecule has 0 aromatic heterocycles. The summed E-state index contributed by atoms with van der Waals surface area (Å²) in [6.07, 6.45) is 3.52. The van der Waals surface area contributed by atoms with Crippen molar-refractivity contribution in [2.24, 2.45) is 5.41 Å². The molecule has 0 saturated carbocycles. The maximum atomic E-state index is 11.3. The van der Waals surface area contributed by atoms with E-state index in [0.29, 0.717) is 5.41 Å². The van der Waals surface area contributed by atoms with Crippen molar-refractivity contribution in [2.45, 2.75) is 33.1 Å². The normalized spacial score (nSPS) is 20.4. The molecule has 0 aliphatic carbocycles. The van der Waals surface area contributed by atoms with Gasteiger partial charge < -0.3 is 10.2 Å². The molecule has 1 fully saturated rings. The van der Waals surface area contributed by atoms with Crippen LogP contribution in [0, 0.1) is 5.41 Å². The number of hydrogen-bond donors (Lipinski definition) is 1. The molecule has 0 spiro atoms. The van der Waals surface area contributed by atoms with E-state index in [9.17, 15) is 4.79 Å². The van der Waals surface area contributed by atoms with Crippen molar-refractivity contribution in [3.63, 3.8) is 0 Å². The van der Waals surface area contributed by atoms with Gasteiger partial charge in [-0.05, 0) is 24.7 Å². The van der Waals surface area contributed by atoms with E-state index in [1.807, 2.05) is 4.90 Å². The monoisotopic (exact) mass is 184 g/mol. The Labute approximate surface area is 80.5 Å². The van der Waals surface area contributed by atoms with Crippen molar-refractivity contribution < 1.29 is 4.79 Å². The van der Waals surface area contributed by atoms with Crippen LogP contribution < -0.4 is 5.32 Å². The van der Waals surface area contributed by atoms with Crippen LogP contribution in [0.15, 0.2) is 0 Å². The highest BCUT2D eigenvalue weighted by molar-refractivity contribution is 5.74. The zero-order valence-electron chi connectivity index (χ0n) is 8.89. The van der Waals surface area contributed by atoms with Crippen molar-refractivity contribution in [2.75, 3.05) is 20.1 Å². The third-order valence-electron chi connectivity index (χ3n) is 3.44. The molecular formula is C10H20N2O. The zero-order valence-corrected chi connectivity index (χ0v) is 8.89. The van der Waals surface area contributed by atoms with E-state index in [4.69, 9.17) is 0 Å². The Morgan fingerprint density at radius 3 is 2.46 bits per heavy atom. The lowest BCUT2D eigenvalue weighted by Crippen LogP contribution is -2.37. The first-order valence-electron chi connectivity index (χ1n) is 5.14. The van der Waals surface area contributed by atoms with Crippen molar-refractivity contribution in [3.8, 4) is 0 Å². The lowest BCUT2D eigenvalue weighted by atomic mass is 9.82. The summed E-state index contributed by atoms with van der Waals surface area (Å²) in [5, 5.41) is 2.68. The summed E-state index contributed by atoms with van der Waals surface area (Å²) in [5.41, 5.74) is 0.395. The molecule has 1 N–H and O–H groups in total. The van der Waals surface area contributed by atoms with Gasteiger partial charge in [-0.15, -0.1) is 0 Å². The van der Waals surface area contributed by atoms with Gasteiger partial charge in [-0.1, -0.05) is 13.8 Å². The fourth-order valence-electron chi connectivity index (χ4n) is 2.09. The first-order chi connectivity index (χ1) is 6.17. The molecule has 1 aliphatic rings. The minimum absolute atomic E-state index is 0.0729. The minimum Gasteiger partial charge on any atom is -0.341 e. The van der Waals surface area contributed by atoms with E-state index >= 15 is 0 Å². The number of carbonyl (C=O) groups is 1. The largest absolute Gasteiger partial charge is 0.341 e. The molecule has 0 bridgehead atoms. The molecule has 2 amide bonds. The average Bonchev–Trinajstić information content (AvgIpc) is 2.61. The van der Waals surface area contributed by atoms with E-state index in [0.717, 1.165) is 19.5 Å². The number of carbonyl (C=O) groups excluding carboxylic acids is 1. The van der Waals surface area contributed by atoms with Crippen LogP contribution in [0.25, 0.3) is 0 Å². The highest BCUT2D eigenvalue weighted by Crippen LogP contribution is 2.36. The van der Waals surface area contributed by atoms with E-state index < -0.39 is 0 Å². The van der Waals surface area contributed by atoms with Crippen LogP contribution in [0.1, 0.15) is 33.1 Å². The topological polar surface area (TPSA) is 32.3 Å². The second kappa shape index (κ2) is 3.99. The van der Waals surface area contributed by atoms with Crippen LogP contribution >= 0.6 is 0 Å². The molecule has 0 unspecified atom stereocenters. The first kappa shape index (κ1) is 10.4. The van der Waals surface area contributed by atoms with Gasteiger partial charge in [-0.2, -0.15) is 0 Å². The standard InChI is InChI=1S/C10H20N2O/c1-4-10(5-2)6-7-12(8-10)9(13)11-3/h4-8H2,1-3H3,(H,11,13). The van der Waals surface area contributed by atoms with Gasteiger partial charge in [0.1, 0.15) is 0 Å². The van der Waals surface area contributed by atoms with E-state index in [2.05, 4.69) is 19.2 Å². The molecular weight excluding hydrogens is 164 g/mol. The maximum absolute atomic E-state index is 11.3. The van der Waals surface area contributed by atoms with Crippen molar-refractivity contribution in [1.82, 2.24) is 10.2 Å². The number of hydrogen-bond acceptors (Lipinski definition) is 1. The van der Waals surface area contributed by atoms with E-state index in [1.54, 1.807) is 7.05 Å². The number of nitrogens with one attached hydrogen (secondary N) is 1. The third kappa shape index (κ3) is 1.95. The molecule has 0 aromatic rings. The molecule has 1 rings (SSSR count). The third-order valence-corrected chi connectivity index (χ3v) is 3.44. The number of amides is 2. The fourth-order valence-corrected chi connectivity index (χ4v) is 2.09. The zero-order chi connectivity index (χ0) is 9.90. The average molecular weight is 184 g/mol. The van der Waals surface area contributed by atoms with Crippen LogP contribution in [0.2, 0.25) is 0 Å². The predicted octanol–water partition coefficient (Wildman–Crippen LogP) is 1.84. The number of urea groups is 1. The summed E-state index contributed by atoms with van der Waals surface area (Å²) < 4.78 is 0. The summed E-state index contributed by atoms with van der Waals surface area (Å²) >= 11 is 0. The fraction of sp³-hybridized carbons (Fsp3) is 0.900. The Kier molecular flexibility index (Phi) is 3.17. The van der Waals surface area contributed by atoms with Gasteiger partial charge in [-0.3, -0.25) is 0 Å². The molecule has 13 heavy (non-hydrogen) atoms. The first-order valence-corrected chi connectivity index (χ1v) is 5.14. The van der Waals surface area contributed by atoms with Crippen molar-refractivity contribution >= 4 is 6.03 Å². The van der Waals surface area contributed by atoms with Gasteiger partial charge in [0.25, 0.3) is 0 Å². The van der Waals surface area contributed by atoms with Gasteiger partial charge in [0.05, 0.1) is 0 Å². The Balaban J connectivity index is 2.56. The molecule has 3 nitrogen and oxygen atoms in total. The molecule has 76 valence electrons. The number of nitrogens with zero attached hydrogens (tertiary/aromatic N) is 1. The van der Waals surface area contributed by atoms with E-state index in [-0.39, 0.29) is 6.03 Å². The second-order valence-corrected chi connectivity index (χ2v) is 3.93. The van der Waals surface area contributed by atoms with Crippen LogP contribution in [-0.2, 0) is 0 Å². The highest BCUT2D eigenvalue weighted by atomic mass is 16.2. The number of likely N-dealkylation sites (tertiary alicyclic amines) is 1. The molecule has 3 heteroatoms. The van der Waals surface area contributed by atoms with Crippen LogP contribution in [-0.4, -0.2) is 31.1 Å². The lowest BCUT2D eigenvalue weighted by Gasteiger charge is -2.26. The lowest BCUT2D eigenvalue weighted by molar-refractivity contribution is 0.198. The predicted molar refractivity (Wildman–Crippen MR) is 53.7 cm³/mol. The molecule has 1 aliphatic heterocycles. The summed E-state index contributed by atoms with van der Waals surface area (Å²) in [5.74, 6) is 0. The van der Waals surface area contributed by atoms with Crippen molar-refractivity contribution in [3.05, 3.63) is 0 Å². The van der Waals surface area contributed by atoms with Crippen LogP contribution in [0.4, 0.5) is 4.79 Å². The smallest absolute Gasteiger partial charge is 0.317 e. The summed E-state index contributed by atoms with van der Waals surface area (Å²) in [6, 6.07) is 0.0729. The Bertz CT molecular complexity index is 187. The quantitative estimate of drug-likeness (QED) is 0.697. The maximum Gasteiger partial charge on any atom is 0.317 e. The molecule has 0 atom stereocenters. The van der Waals surface area contributed by atoms with Crippen LogP contribution in [0.3, 0.4) is 0 Å². The molecule has 0 aromatic carbocycles. The summed E-state index contributed by atoms with van der Waals surface area (Å²) in [6.45, 7) is 6.29. The van der Waals surface area contributed by atoms with E-state index in [1.165, 1.54) is 12.8 Å².